The largest absolute Gasteiger partial charge is 0.445 e. The second-order valence-electron chi connectivity index (χ2n) is 4.19. The van der Waals surface area contributed by atoms with Crippen molar-refractivity contribution in [1.82, 2.24) is 5.32 Å². The number of carbonyl (C=O) groups is 1. The van der Waals surface area contributed by atoms with E-state index < -0.39 is 6.09 Å². The zero-order valence-corrected chi connectivity index (χ0v) is 13.8. The van der Waals surface area contributed by atoms with Crippen LogP contribution in [0.25, 0.3) is 0 Å². The molecule has 0 fully saturated rings. The summed E-state index contributed by atoms with van der Waals surface area (Å²) in [6.45, 7) is 0.695. The molecule has 0 atom stereocenters. The monoisotopic (exact) mass is 397 g/mol. The van der Waals surface area contributed by atoms with E-state index in [1.54, 1.807) is 0 Å². The number of carbonyl (C=O) groups excluding carboxylic acids is 1. The summed E-state index contributed by atoms with van der Waals surface area (Å²) in [5.41, 5.74) is 1.95. The molecule has 0 saturated carbocycles. The third-order valence-corrected chi connectivity index (χ3v) is 3.49. The van der Waals surface area contributed by atoms with E-state index >= 15 is 0 Å². The van der Waals surface area contributed by atoms with Crippen molar-refractivity contribution in [1.29, 1.82) is 0 Å². The van der Waals surface area contributed by atoms with Crippen molar-refractivity contribution in [2.24, 2.45) is 0 Å². The summed E-state index contributed by atoms with van der Waals surface area (Å²) in [6, 6.07) is 15.4. The van der Waals surface area contributed by atoms with E-state index in [1.165, 1.54) is 0 Å². The van der Waals surface area contributed by atoms with Crippen molar-refractivity contribution in [3.8, 4) is 0 Å². The minimum atomic E-state index is -0.426. The van der Waals surface area contributed by atoms with Crippen LogP contribution in [0.15, 0.2) is 57.5 Å². The van der Waals surface area contributed by atoms with Crippen LogP contribution < -0.4 is 5.32 Å². The van der Waals surface area contributed by atoms with Gasteiger partial charge in [-0.25, -0.2) is 4.79 Å². The molecule has 20 heavy (non-hydrogen) atoms. The van der Waals surface area contributed by atoms with Crippen LogP contribution in [-0.4, -0.2) is 6.09 Å². The van der Waals surface area contributed by atoms with E-state index in [-0.39, 0.29) is 6.61 Å². The lowest BCUT2D eigenvalue weighted by molar-refractivity contribution is 0.139. The Hall–Kier alpha value is -1.33. The number of hydrogen-bond donors (Lipinski definition) is 1. The Balaban J connectivity index is 1.80. The maximum Gasteiger partial charge on any atom is 0.407 e. The van der Waals surface area contributed by atoms with Gasteiger partial charge in [0.2, 0.25) is 0 Å². The van der Waals surface area contributed by atoms with Gasteiger partial charge in [0.25, 0.3) is 0 Å². The quantitative estimate of drug-likeness (QED) is 0.814. The Morgan fingerprint density at radius 3 is 2.30 bits per heavy atom. The lowest BCUT2D eigenvalue weighted by Gasteiger charge is -2.08. The highest BCUT2D eigenvalue weighted by atomic mass is 79.9. The third-order valence-electron chi connectivity index (χ3n) is 2.57. The number of ether oxygens (including phenoxy) is 1. The molecule has 0 aliphatic heterocycles. The second-order valence-corrected chi connectivity index (χ2v) is 6.02. The first-order valence-corrected chi connectivity index (χ1v) is 7.61. The standard InChI is InChI=1S/C15H13Br2NO2/c16-13-6-12(7-14(17)8-13)9-18-15(19)20-10-11-4-2-1-3-5-11/h1-8H,9-10H2,(H,18,19). The lowest BCUT2D eigenvalue weighted by atomic mass is 10.2. The summed E-state index contributed by atoms with van der Waals surface area (Å²) in [5.74, 6) is 0. The van der Waals surface area contributed by atoms with Gasteiger partial charge in [-0.15, -0.1) is 0 Å². The molecule has 0 aromatic heterocycles. The minimum absolute atomic E-state index is 0.273. The normalized spacial score (nSPS) is 10.1. The molecular formula is C15H13Br2NO2. The van der Waals surface area contributed by atoms with Crippen LogP contribution in [0.5, 0.6) is 0 Å². The van der Waals surface area contributed by atoms with Crippen molar-refractivity contribution in [3.63, 3.8) is 0 Å². The van der Waals surface area contributed by atoms with Gasteiger partial charge in [-0.05, 0) is 29.3 Å². The molecule has 0 unspecified atom stereocenters. The number of alkyl carbamates (subject to hydrolysis) is 1. The number of amides is 1. The van der Waals surface area contributed by atoms with Crippen molar-refractivity contribution >= 4 is 38.0 Å². The fourth-order valence-corrected chi connectivity index (χ4v) is 3.05. The predicted molar refractivity (Wildman–Crippen MR) is 85.3 cm³/mol. The predicted octanol–water partition coefficient (Wildman–Crippen LogP) is 4.64. The zero-order chi connectivity index (χ0) is 14.4. The van der Waals surface area contributed by atoms with Gasteiger partial charge in [0.05, 0.1) is 0 Å². The Labute approximate surface area is 134 Å². The molecule has 104 valence electrons. The van der Waals surface area contributed by atoms with Crippen molar-refractivity contribution < 1.29 is 9.53 Å². The van der Waals surface area contributed by atoms with Crippen LogP contribution in [0.4, 0.5) is 4.79 Å². The highest BCUT2D eigenvalue weighted by molar-refractivity contribution is 9.11. The number of nitrogens with one attached hydrogen (secondary N) is 1. The van der Waals surface area contributed by atoms with Crippen LogP contribution in [0.3, 0.4) is 0 Å². The van der Waals surface area contributed by atoms with Gasteiger partial charge in [-0.1, -0.05) is 62.2 Å². The van der Waals surface area contributed by atoms with Crippen LogP contribution in [-0.2, 0) is 17.9 Å². The zero-order valence-electron chi connectivity index (χ0n) is 10.6. The molecule has 5 heteroatoms. The maximum atomic E-state index is 11.6. The summed E-state index contributed by atoms with van der Waals surface area (Å²) >= 11 is 6.81. The van der Waals surface area contributed by atoms with Gasteiger partial charge >= 0.3 is 6.09 Å². The smallest absolute Gasteiger partial charge is 0.407 e. The van der Waals surface area contributed by atoms with Gasteiger partial charge in [0.15, 0.2) is 0 Å². The molecule has 0 radical (unpaired) electrons. The molecule has 2 aromatic rings. The minimum Gasteiger partial charge on any atom is -0.445 e. The van der Waals surface area contributed by atoms with Gasteiger partial charge < -0.3 is 10.1 Å². The van der Waals surface area contributed by atoms with E-state index in [0.717, 1.165) is 20.1 Å². The summed E-state index contributed by atoms with van der Waals surface area (Å²) in [5, 5.41) is 2.72. The number of benzene rings is 2. The summed E-state index contributed by atoms with van der Waals surface area (Å²) in [6.07, 6.45) is -0.426. The SMILES string of the molecule is O=C(NCc1cc(Br)cc(Br)c1)OCc1ccccc1. The third kappa shape index (κ3) is 4.98. The van der Waals surface area contributed by atoms with Gasteiger partial charge in [-0.2, -0.15) is 0 Å². The first kappa shape index (κ1) is 15.1. The van der Waals surface area contributed by atoms with E-state index in [9.17, 15) is 4.79 Å². The molecule has 0 saturated heterocycles. The van der Waals surface area contributed by atoms with Crippen LogP contribution in [0.1, 0.15) is 11.1 Å². The molecule has 3 nitrogen and oxygen atoms in total. The first-order valence-electron chi connectivity index (χ1n) is 6.03. The Morgan fingerprint density at radius 1 is 1.00 bits per heavy atom. The van der Waals surface area contributed by atoms with E-state index in [1.807, 2.05) is 48.5 Å². The average molecular weight is 399 g/mol. The topological polar surface area (TPSA) is 38.3 Å². The number of rotatable bonds is 4. The molecule has 1 N–H and O–H groups in total. The molecule has 0 aliphatic rings. The summed E-state index contributed by atoms with van der Waals surface area (Å²) in [7, 11) is 0. The molecule has 0 bridgehead atoms. The van der Waals surface area contributed by atoms with Gasteiger partial charge in [-0.3, -0.25) is 0 Å². The van der Waals surface area contributed by atoms with E-state index in [0.29, 0.717) is 6.54 Å². The molecule has 0 spiro atoms. The lowest BCUT2D eigenvalue weighted by Crippen LogP contribution is -2.23. The first-order chi connectivity index (χ1) is 9.63. The molecule has 0 aliphatic carbocycles. The summed E-state index contributed by atoms with van der Waals surface area (Å²) < 4.78 is 7.06. The van der Waals surface area contributed by atoms with E-state index in [4.69, 9.17) is 4.74 Å². The maximum absolute atomic E-state index is 11.6. The molecule has 1 amide bonds. The Morgan fingerprint density at radius 2 is 1.65 bits per heavy atom. The highest BCUT2D eigenvalue weighted by Gasteiger charge is 2.04. The Bertz CT molecular complexity index is 567. The second kappa shape index (κ2) is 7.45. The fourth-order valence-electron chi connectivity index (χ4n) is 1.66. The van der Waals surface area contributed by atoms with Crippen molar-refractivity contribution in [3.05, 3.63) is 68.6 Å². The van der Waals surface area contributed by atoms with Gasteiger partial charge in [0.1, 0.15) is 6.61 Å². The summed E-state index contributed by atoms with van der Waals surface area (Å²) in [4.78, 5) is 11.6. The van der Waals surface area contributed by atoms with Crippen LogP contribution >= 0.6 is 31.9 Å². The van der Waals surface area contributed by atoms with E-state index in [2.05, 4.69) is 37.2 Å². The van der Waals surface area contributed by atoms with Gasteiger partial charge in [0, 0.05) is 15.5 Å². The number of hydrogen-bond acceptors (Lipinski definition) is 2. The molecule has 2 aromatic carbocycles. The van der Waals surface area contributed by atoms with Crippen LogP contribution in [0.2, 0.25) is 0 Å². The fraction of sp³-hybridized carbons (Fsp3) is 0.133. The average Bonchev–Trinajstić information content (AvgIpc) is 2.43. The van der Waals surface area contributed by atoms with Crippen molar-refractivity contribution in [2.75, 3.05) is 0 Å². The molecule has 0 heterocycles. The van der Waals surface area contributed by atoms with Crippen molar-refractivity contribution in [2.45, 2.75) is 13.2 Å². The molecule has 2 rings (SSSR count). The Kier molecular flexibility index (Phi) is 5.61. The molecular weight excluding hydrogens is 386 g/mol. The van der Waals surface area contributed by atoms with Crippen LogP contribution in [0, 0.1) is 0 Å². The number of halogens is 2. The highest BCUT2D eigenvalue weighted by Crippen LogP contribution is 2.19.